The maximum absolute atomic E-state index is 13.1. The maximum atomic E-state index is 13.1. The summed E-state index contributed by atoms with van der Waals surface area (Å²) in [5.41, 5.74) is 5.69. The molecule has 1 aromatic carbocycles. The van der Waals surface area contributed by atoms with E-state index in [0.717, 1.165) is 12.1 Å². The number of carbonyl (C=O) groups excluding carboxylic acids is 1. The number of aliphatic hydroxyl groups is 1. The molecule has 0 aliphatic carbocycles. The number of carbonyl (C=O) groups is 1. The van der Waals surface area contributed by atoms with Gasteiger partial charge in [0.15, 0.2) is 0 Å². The second-order valence-electron chi connectivity index (χ2n) is 5.09. The molecule has 0 unspecified atom stereocenters. The van der Waals surface area contributed by atoms with Crippen LogP contribution in [0.3, 0.4) is 0 Å². The highest BCUT2D eigenvalue weighted by Gasteiger charge is 2.18. The molecule has 1 aromatic rings. The summed E-state index contributed by atoms with van der Waals surface area (Å²) in [5.74, 6) is -0.901. The Balaban J connectivity index is 2.66. The average Bonchev–Trinajstić information content (AvgIpc) is 2.24. The molecule has 0 atom stereocenters. The highest BCUT2D eigenvalue weighted by Crippen LogP contribution is 2.18. The van der Waals surface area contributed by atoms with Gasteiger partial charge < -0.3 is 16.2 Å². The van der Waals surface area contributed by atoms with E-state index in [1.165, 1.54) is 6.07 Å². The van der Waals surface area contributed by atoms with Gasteiger partial charge in [-0.05, 0) is 30.0 Å². The fourth-order valence-electron chi connectivity index (χ4n) is 1.56. The molecule has 0 aromatic heterocycles. The number of hydrogen-bond donors (Lipinski definition) is 3. The summed E-state index contributed by atoms with van der Waals surface area (Å²) < 4.78 is 13.1. The van der Waals surface area contributed by atoms with Crippen molar-refractivity contribution in [3.8, 4) is 0 Å². The molecule has 4 N–H and O–H groups in total. The van der Waals surface area contributed by atoms with Crippen molar-refractivity contribution in [2.24, 2.45) is 5.41 Å². The largest absolute Gasteiger partial charge is 0.399 e. The van der Waals surface area contributed by atoms with Crippen LogP contribution in [0, 0.1) is 11.2 Å². The minimum absolute atomic E-state index is 0.0653. The Hall–Kier alpha value is -1.62. The number of amides is 1. The Labute approximate surface area is 106 Å². The van der Waals surface area contributed by atoms with Gasteiger partial charge in [0, 0.05) is 24.4 Å². The first-order valence-electron chi connectivity index (χ1n) is 5.79. The van der Waals surface area contributed by atoms with Crippen LogP contribution in [0.4, 0.5) is 10.1 Å². The number of halogens is 1. The van der Waals surface area contributed by atoms with Crippen LogP contribution in [0.15, 0.2) is 18.2 Å². The van der Waals surface area contributed by atoms with Gasteiger partial charge in [-0.25, -0.2) is 4.39 Å². The Morgan fingerprint density at radius 3 is 2.67 bits per heavy atom. The number of nitrogens with two attached hydrogens (primary N) is 1. The van der Waals surface area contributed by atoms with Crippen LogP contribution in [-0.2, 0) is 0 Å². The lowest BCUT2D eigenvalue weighted by Crippen LogP contribution is -2.34. The fraction of sp³-hybridized carbons (Fsp3) is 0.462. The van der Waals surface area contributed by atoms with Gasteiger partial charge in [-0.2, -0.15) is 0 Å². The maximum Gasteiger partial charge on any atom is 0.251 e. The van der Waals surface area contributed by atoms with Crippen LogP contribution in [0.5, 0.6) is 0 Å². The molecule has 4 nitrogen and oxygen atoms in total. The third kappa shape index (κ3) is 4.33. The third-order valence-electron chi connectivity index (χ3n) is 2.70. The zero-order chi connectivity index (χ0) is 13.8. The van der Waals surface area contributed by atoms with Gasteiger partial charge in [0.2, 0.25) is 0 Å². The van der Waals surface area contributed by atoms with Crippen molar-refractivity contribution >= 4 is 11.6 Å². The van der Waals surface area contributed by atoms with E-state index < -0.39 is 5.82 Å². The summed E-state index contributed by atoms with van der Waals surface area (Å²) >= 11 is 0. The van der Waals surface area contributed by atoms with Gasteiger partial charge in [-0.1, -0.05) is 13.8 Å². The predicted molar refractivity (Wildman–Crippen MR) is 68.6 cm³/mol. The van der Waals surface area contributed by atoms with E-state index in [9.17, 15) is 9.18 Å². The first-order chi connectivity index (χ1) is 8.34. The van der Waals surface area contributed by atoms with E-state index in [0.29, 0.717) is 13.0 Å². The number of hydrogen-bond acceptors (Lipinski definition) is 3. The molecule has 0 spiro atoms. The van der Waals surface area contributed by atoms with E-state index >= 15 is 0 Å². The normalized spacial score (nSPS) is 11.3. The highest BCUT2D eigenvalue weighted by molar-refractivity contribution is 5.95. The molecular weight excluding hydrogens is 235 g/mol. The van der Waals surface area contributed by atoms with Crippen molar-refractivity contribution in [1.82, 2.24) is 5.32 Å². The summed E-state index contributed by atoms with van der Waals surface area (Å²) in [6, 6.07) is 3.73. The molecule has 100 valence electrons. The zero-order valence-electron chi connectivity index (χ0n) is 10.7. The van der Waals surface area contributed by atoms with Crippen LogP contribution in [-0.4, -0.2) is 24.2 Å². The van der Waals surface area contributed by atoms with E-state index in [2.05, 4.69) is 5.32 Å². The van der Waals surface area contributed by atoms with Crippen LogP contribution < -0.4 is 11.1 Å². The van der Waals surface area contributed by atoms with Crippen LogP contribution in [0.1, 0.15) is 30.6 Å². The van der Waals surface area contributed by atoms with Crippen molar-refractivity contribution < 1.29 is 14.3 Å². The Morgan fingerprint density at radius 1 is 1.44 bits per heavy atom. The Morgan fingerprint density at radius 2 is 2.11 bits per heavy atom. The van der Waals surface area contributed by atoms with Gasteiger partial charge >= 0.3 is 0 Å². The monoisotopic (exact) mass is 254 g/mol. The molecular formula is C13H19FN2O2. The van der Waals surface area contributed by atoms with Crippen molar-refractivity contribution in [2.75, 3.05) is 18.9 Å². The SMILES string of the molecule is CC(C)(CCO)CNC(=O)c1cc(N)cc(F)c1. The van der Waals surface area contributed by atoms with Gasteiger partial charge in [0.25, 0.3) is 5.91 Å². The number of aliphatic hydroxyl groups excluding tert-OH is 1. The molecule has 0 saturated carbocycles. The van der Waals surface area contributed by atoms with Crippen LogP contribution in [0.2, 0.25) is 0 Å². The van der Waals surface area contributed by atoms with Crippen molar-refractivity contribution in [3.05, 3.63) is 29.6 Å². The minimum atomic E-state index is -0.533. The second-order valence-corrected chi connectivity index (χ2v) is 5.09. The number of anilines is 1. The van der Waals surface area contributed by atoms with Gasteiger partial charge in [0.05, 0.1) is 0 Å². The molecule has 5 heteroatoms. The summed E-state index contributed by atoms with van der Waals surface area (Å²) in [4.78, 5) is 11.8. The summed E-state index contributed by atoms with van der Waals surface area (Å²) in [6.07, 6.45) is 0.582. The number of benzene rings is 1. The van der Waals surface area contributed by atoms with Crippen molar-refractivity contribution in [1.29, 1.82) is 0 Å². The summed E-state index contributed by atoms with van der Waals surface area (Å²) in [5, 5.41) is 11.6. The van der Waals surface area contributed by atoms with E-state index in [1.807, 2.05) is 13.8 Å². The molecule has 0 aliphatic rings. The molecule has 0 heterocycles. The van der Waals surface area contributed by atoms with Gasteiger partial charge in [-0.3, -0.25) is 4.79 Å². The van der Waals surface area contributed by atoms with Crippen molar-refractivity contribution in [3.63, 3.8) is 0 Å². The lowest BCUT2D eigenvalue weighted by Gasteiger charge is -2.23. The molecule has 0 fully saturated rings. The molecule has 18 heavy (non-hydrogen) atoms. The molecule has 0 saturated heterocycles. The Bertz CT molecular complexity index is 413. The summed E-state index contributed by atoms with van der Waals surface area (Å²) in [7, 11) is 0. The molecule has 0 bridgehead atoms. The number of nitrogen functional groups attached to an aromatic ring is 1. The minimum Gasteiger partial charge on any atom is -0.399 e. The molecule has 1 amide bonds. The topological polar surface area (TPSA) is 75.3 Å². The van der Waals surface area contributed by atoms with Crippen LogP contribution in [0.25, 0.3) is 0 Å². The van der Waals surface area contributed by atoms with E-state index in [-0.39, 0.29) is 29.2 Å². The van der Waals surface area contributed by atoms with E-state index in [1.54, 1.807) is 0 Å². The Kier molecular flexibility index (Phi) is 4.67. The molecule has 0 radical (unpaired) electrons. The average molecular weight is 254 g/mol. The second kappa shape index (κ2) is 5.82. The molecule has 0 aliphatic heterocycles. The predicted octanol–water partition coefficient (Wildman–Crippen LogP) is 1.55. The lowest BCUT2D eigenvalue weighted by atomic mass is 9.89. The molecule has 1 rings (SSSR count). The fourth-order valence-corrected chi connectivity index (χ4v) is 1.56. The standard InChI is InChI=1S/C13H19FN2O2/c1-13(2,3-4-17)8-16-12(18)9-5-10(14)7-11(15)6-9/h5-7,17H,3-4,8,15H2,1-2H3,(H,16,18). The van der Waals surface area contributed by atoms with E-state index in [4.69, 9.17) is 10.8 Å². The third-order valence-corrected chi connectivity index (χ3v) is 2.70. The van der Waals surface area contributed by atoms with Gasteiger partial charge in [0.1, 0.15) is 5.82 Å². The quantitative estimate of drug-likeness (QED) is 0.698. The zero-order valence-corrected chi connectivity index (χ0v) is 10.7. The number of rotatable bonds is 5. The lowest BCUT2D eigenvalue weighted by molar-refractivity contribution is 0.0928. The smallest absolute Gasteiger partial charge is 0.251 e. The first kappa shape index (κ1) is 14.4. The van der Waals surface area contributed by atoms with Crippen molar-refractivity contribution in [2.45, 2.75) is 20.3 Å². The number of nitrogens with one attached hydrogen (secondary N) is 1. The first-order valence-corrected chi connectivity index (χ1v) is 5.79. The highest BCUT2D eigenvalue weighted by atomic mass is 19.1. The van der Waals surface area contributed by atoms with Gasteiger partial charge in [-0.15, -0.1) is 0 Å². The summed E-state index contributed by atoms with van der Waals surface area (Å²) in [6.45, 7) is 4.34. The van der Waals surface area contributed by atoms with Crippen LogP contribution >= 0.6 is 0 Å².